The zero-order chi connectivity index (χ0) is 14.3. The second-order valence-electron chi connectivity index (χ2n) is 5.23. The summed E-state index contributed by atoms with van der Waals surface area (Å²) in [4.78, 5) is 15.4. The Morgan fingerprint density at radius 2 is 2.05 bits per heavy atom. The largest absolute Gasteiger partial charge is 0.481 e. The van der Waals surface area contributed by atoms with E-state index in [1.807, 2.05) is 4.57 Å². The molecule has 6 heteroatoms. The number of fused-ring (bicyclic) bond motifs is 1. The molecule has 106 valence electrons. The molecule has 0 amide bonds. The fourth-order valence-electron chi connectivity index (χ4n) is 2.36. The van der Waals surface area contributed by atoms with Crippen molar-refractivity contribution in [1.82, 2.24) is 9.55 Å². The van der Waals surface area contributed by atoms with Crippen molar-refractivity contribution in [2.75, 3.05) is 0 Å². The van der Waals surface area contributed by atoms with E-state index in [9.17, 15) is 4.79 Å². The maximum atomic E-state index is 10.8. The van der Waals surface area contributed by atoms with Crippen molar-refractivity contribution in [3.8, 4) is 0 Å². The van der Waals surface area contributed by atoms with Gasteiger partial charge in [-0.05, 0) is 30.9 Å². The van der Waals surface area contributed by atoms with Gasteiger partial charge in [0.05, 0.1) is 27.5 Å². The summed E-state index contributed by atoms with van der Waals surface area (Å²) >= 11 is 12.1. The van der Waals surface area contributed by atoms with Crippen LogP contribution in [0.4, 0.5) is 0 Å². The van der Waals surface area contributed by atoms with E-state index in [2.05, 4.69) is 4.98 Å². The number of nitrogens with zero attached hydrogens (tertiary/aromatic N) is 2. The van der Waals surface area contributed by atoms with Crippen molar-refractivity contribution in [1.29, 1.82) is 0 Å². The number of rotatable bonds is 5. The monoisotopic (exact) mass is 312 g/mol. The Bertz CT molecular complexity index is 677. The first-order chi connectivity index (χ1) is 9.54. The number of imidazole rings is 1. The summed E-state index contributed by atoms with van der Waals surface area (Å²) in [6.07, 6.45) is 3.42. The van der Waals surface area contributed by atoms with Crippen molar-refractivity contribution in [2.24, 2.45) is 5.92 Å². The average Bonchev–Trinajstić information content (AvgIpc) is 3.12. The predicted molar refractivity (Wildman–Crippen MR) is 78.4 cm³/mol. The van der Waals surface area contributed by atoms with Gasteiger partial charge in [-0.3, -0.25) is 4.79 Å². The quantitative estimate of drug-likeness (QED) is 0.914. The second-order valence-corrected chi connectivity index (χ2v) is 6.04. The van der Waals surface area contributed by atoms with Gasteiger partial charge in [0.2, 0.25) is 0 Å². The lowest BCUT2D eigenvalue weighted by atomic mass is 10.2. The fourth-order valence-corrected chi connectivity index (χ4v) is 2.68. The first kappa shape index (κ1) is 13.7. The molecule has 3 rings (SSSR count). The summed E-state index contributed by atoms with van der Waals surface area (Å²) in [7, 11) is 0. The molecular formula is C14H14Cl2N2O2. The van der Waals surface area contributed by atoms with Gasteiger partial charge >= 0.3 is 5.97 Å². The van der Waals surface area contributed by atoms with Crippen LogP contribution < -0.4 is 0 Å². The van der Waals surface area contributed by atoms with Crippen LogP contribution in [0.25, 0.3) is 11.0 Å². The standard InChI is InChI=1S/C14H14Cl2N2O2/c15-9-6-11-12(7-10(9)16)18(4-3-14(19)20)13(17-11)5-8-1-2-8/h6-8H,1-5H2,(H,19,20). The molecule has 1 fully saturated rings. The van der Waals surface area contributed by atoms with Gasteiger partial charge in [0.15, 0.2) is 0 Å². The maximum absolute atomic E-state index is 10.8. The van der Waals surface area contributed by atoms with Crippen LogP contribution in [0.2, 0.25) is 10.0 Å². The molecule has 0 radical (unpaired) electrons. The zero-order valence-electron chi connectivity index (χ0n) is 10.8. The zero-order valence-corrected chi connectivity index (χ0v) is 12.3. The van der Waals surface area contributed by atoms with Gasteiger partial charge in [0.25, 0.3) is 0 Å². The molecule has 0 aliphatic heterocycles. The number of aliphatic carboxylic acids is 1. The summed E-state index contributed by atoms with van der Waals surface area (Å²) in [6, 6.07) is 3.51. The summed E-state index contributed by atoms with van der Waals surface area (Å²) in [5.41, 5.74) is 1.64. The van der Waals surface area contributed by atoms with Crippen LogP contribution in [0, 0.1) is 5.92 Å². The first-order valence-electron chi connectivity index (χ1n) is 6.60. The minimum atomic E-state index is -0.815. The summed E-state index contributed by atoms with van der Waals surface area (Å²) in [5.74, 6) is 0.799. The minimum absolute atomic E-state index is 0.0728. The van der Waals surface area contributed by atoms with Crippen LogP contribution in [-0.2, 0) is 17.8 Å². The molecule has 20 heavy (non-hydrogen) atoms. The van der Waals surface area contributed by atoms with Gasteiger partial charge in [0.1, 0.15) is 5.82 Å². The lowest BCUT2D eigenvalue weighted by Crippen LogP contribution is -2.08. The molecule has 1 aromatic carbocycles. The minimum Gasteiger partial charge on any atom is -0.481 e. The SMILES string of the molecule is O=C(O)CCn1c(CC2CC2)nc2cc(Cl)c(Cl)cc21. The Labute approximate surface area is 126 Å². The van der Waals surface area contributed by atoms with Crippen molar-refractivity contribution in [3.05, 3.63) is 28.0 Å². The molecule has 1 aliphatic carbocycles. The normalized spacial score (nSPS) is 14.9. The van der Waals surface area contributed by atoms with Gasteiger partial charge < -0.3 is 9.67 Å². The van der Waals surface area contributed by atoms with Gasteiger partial charge in [-0.15, -0.1) is 0 Å². The van der Waals surface area contributed by atoms with Crippen molar-refractivity contribution in [3.63, 3.8) is 0 Å². The van der Waals surface area contributed by atoms with E-state index in [1.165, 1.54) is 12.8 Å². The molecule has 0 atom stereocenters. The predicted octanol–water partition coefficient (Wildman–Crippen LogP) is 3.77. The number of hydrogen-bond acceptors (Lipinski definition) is 2. The first-order valence-corrected chi connectivity index (χ1v) is 7.36. The molecule has 0 spiro atoms. The molecular weight excluding hydrogens is 299 g/mol. The number of aryl methyl sites for hydroxylation is 1. The highest BCUT2D eigenvalue weighted by atomic mass is 35.5. The van der Waals surface area contributed by atoms with Crippen LogP contribution >= 0.6 is 23.2 Å². The molecule has 0 unspecified atom stereocenters. The smallest absolute Gasteiger partial charge is 0.305 e. The number of benzene rings is 1. The van der Waals surface area contributed by atoms with E-state index >= 15 is 0 Å². The van der Waals surface area contributed by atoms with Crippen LogP contribution in [0.3, 0.4) is 0 Å². The van der Waals surface area contributed by atoms with E-state index in [4.69, 9.17) is 28.3 Å². The van der Waals surface area contributed by atoms with Crippen LogP contribution in [-0.4, -0.2) is 20.6 Å². The molecule has 0 saturated heterocycles. The van der Waals surface area contributed by atoms with E-state index < -0.39 is 5.97 Å². The van der Waals surface area contributed by atoms with E-state index in [-0.39, 0.29) is 6.42 Å². The third-order valence-electron chi connectivity index (χ3n) is 3.59. The molecule has 1 heterocycles. The van der Waals surface area contributed by atoms with Gasteiger partial charge in [-0.1, -0.05) is 23.2 Å². The number of carbonyl (C=O) groups is 1. The van der Waals surface area contributed by atoms with Crippen molar-refractivity contribution >= 4 is 40.2 Å². The Hall–Kier alpha value is -1.26. The molecule has 0 bridgehead atoms. The summed E-state index contributed by atoms with van der Waals surface area (Å²) < 4.78 is 1.96. The highest BCUT2D eigenvalue weighted by Crippen LogP contribution is 2.34. The number of carboxylic acid groups (broad SMARTS) is 1. The molecule has 4 nitrogen and oxygen atoms in total. The molecule has 1 aromatic heterocycles. The summed E-state index contributed by atoms with van der Waals surface area (Å²) in [6.45, 7) is 0.409. The summed E-state index contributed by atoms with van der Waals surface area (Å²) in [5, 5.41) is 9.83. The third-order valence-corrected chi connectivity index (χ3v) is 4.31. The molecule has 1 aliphatic rings. The van der Waals surface area contributed by atoms with Crippen LogP contribution in [0.15, 0.2) is 12.1 Å². The second kappa shape index (κ2) is 5.26. The lowest BCUT2D eigenvalue weighted by molar-refractivity contribution is -0.137. The highest BCUT2D eigenvalue weighted by molar-refractivity contribution is 6.42. The lowest BCUT2D eigenvalue weighted by Gasteiger charge is -2.07. The van der Waals surface area contributed by atoms with E-state index in [0.717, 1.165) is 23.3 Å². The Morgan fingerprint density at radius 3 is 2.70 bits per heavy atom. The Morgan fingerprint density at radius 1 is 1.35 bits per heavy atom. The van der Waals surface area contributed by atoms with Crippen molar-refractivity contribution < 1.29 is 9.90 Å². The highest BCUT2D eigenvalue weighted by Gasteiger charge is 2.25. The van der Waals surface area contributed by atoms with Gasteiger partial charge in [0, 0.05) is 13.0 Å². The van der Waals surface area contributed by atoms with E-state index in [0.29, 0.717) is 22.5 Å². The maximum Gasteiger partial charge on any atom is 0.305 e. The molecule has 1 saturated carbocycles. The number of aromatic nitrogens is 2. The molecule has 1 N–H and O–H groups in total. The number of hydrogen-bond donors (Lipinski definition) is 1. The Balaban J connectivity index is 2.04. The van der Waals surface area contributed by atoms with E-state index in [1.54, 1.807) is 12.1 Å². The number of carboxylic acids is 1. The third kappa shape index (κ3) is 2.76. The Kier molecular flexibility index (Phi) is 3.61. The van der Waals surface area contributed by atoms with Crippen molar-refractivity contribution in [2.45, 2.75) is 32.2 Å². The van der Waals surface area contributed by atoms with Gasteiger partial charge in [-0.2, -0.15) is 0 Å². The van der Waals surface area contributed by atoms with Crippen LogP contribution in [0.5, 0.6) is 0 Å². The van der Waals surface area contributed by atoms with Gasteiger partial charge in [-0.25, -0.2) is 4.98 Å². The fraction of sp³-hybridized carbons (Fsp3) is 0.429. The topological polar surface area (TPSA) is 55.1 Å². The number of halogens is 2. The average molecular weight is 313 g/mol. The van der Waals surface area contributed by atoms with Crippen LogP contribution in [0.1, 0.15) is 25.1 Å². The molecule has 2 aromatic rings.